The summed E-state index contributed by atoms with van der Waals surface area (Å²) in [6.07, 6.45) is 4.14. The van der Waals surface area contributed by atoms with Gasteiger partial charge in [-0.05, 0) is 64.6 Å². The zero-order chi connectivity index (χ0) is 19.3. The van der Waals surface area contributed by atoms with Crippen LogP contribution in [0.15, 0.2) is 72.8 Å². The molecule has 0 saturated heterocycles. The highest BCUT2D eigenvalue weighted by atomic mass is 16.5. The summed E-state index contributed by atoms with van der Waals surface area (Å²) in [5.41, 5.74) is 6.74. The number of anilines is 1. The fraction of sp³-hybridized carbons (Fsp3) is 0.0833. The van der Waals surface area contributed by atoms with Crippen LogP contribution in [0.25, 0.3) is 17.2 Å². The summed E-state index contributed by atoms with van der Waals surface area (Å²) < 4.78 is 5.21. The first-order valence-electron chi connectivity index (χ1n) is 9.03. The minimum Gasteiger partial charge on any atom is -0.479 e. The largest absolute Gasteiger partial charge is 0.479 e. The van der Waals surface area contributed by atoms with E-state index in [1.807, 2.05) is 30.3 Å². The zero-order valence-electron chi connectivity index (χ0n) is 15.2. The Balaban J connectivity index is 1.40. The number of hydrogen-bond donors (Lipinski definition) is 1. The van der Waals surface area contributed by atoms with Gasteiger partial charge in [0.05, 0.1) is 0 Å². The zero-order valence-corrected chi connectivity index (χ0v) is 15.2. The molecule has 1 aliphatic rings. The smallest absolute Gasteiger partial charge is 0.248 e. The Kier molecular flexibility index (Phi) is 4.90. The molecule has 0 aliphatic heterocycles. The van der Waals surface area contributed by atoms with Gasteiger partial charge in [-0.2, -0.15) is 5.26 Å². The monoisotopic (exact) mass is 366 g/mol. The molecule has 28 heavy (non-hydrogen) atoms. The van der Waals surface area contributed by atoms with Crippen LogP contribution < -0.4 is 10.1 Å². The molecule has 4 nitrogen and oxygen atoms in total. The van der Waals surface area contributed by atoms with Crippen molar-refractivity contribution in [3.8, 4) is 22.9 Å². The molecular weight excluding hydrogens is 348 g/mol. The lowest BCUT2D eigenvalue weighted by atomic mass is 10.1. The number of nitrogens with zero attached hydrogens (tertiary/aromatic N) is 1. The summed E-state index contributed by atoms with van der Waals surface area (Å²) in [5, 5.41) is 11.4. The predicted octanol–water partition coefficient (Wildman–Crippen LogP) is 4.81. The normalized spacial score (nSPS) is 11.5. The van der Waals surface area contributed by atoms with Crippen molar-refractivity contribution in [1.82, 2.24) is 0 Å². The van der Waals surface area contributed by atoms with Crippen LogP contribution in [0, 0.1) is 11.3 Å². The van der Waals surface area contributed by atoms with E-state index in [2.05, 4.69) is 35.6 Å². The Morgan fingerprint density at radius 1 is 1.04 bits per heavy atom. The fourth-order valence-corrected chi connectivity index (χ4v) is 3.37. The Morgan fingerprint density at radius 2 is 1.82 bits per heavy atom. The van der Waals surface area contributed by atoms with Gasteiger partial charge in [0.1, 0.15) is 11.8 Å². The van der Waals surface area contributed by atoms with Gasteiger partial charge in [-0.15, -0.1) is 0 Å². The highest BCUT2D eigenvalue weighted by molar-refractivity contribution is 6.02. The van der Waals surface area contributed by atoms with E-state index < -0.39 is 0 Å². The second kappa shape index (κ2) is 7.81. The SMILES string of the molecule is N#CCOc1ccc(/C=C/C(=O)Nc2ccc3c(c2)Cc2ccccc2-3)cc1. The van der Waals surface area contributed by atoms with E-state index >= 15 is 0 Å². The second-order valence-electron chi connectivity index (χ2n) is 6.54. The van der Waals surface area contributed by atoms with E-state index in [4.69, 9.17) is 10.00 Å². The van der Waals surface area contributed by atoms with E-state index in [1.165, 1.54) is 28.3 Å². The molecule has 1 aliphatic carbocycles. The molecule has 0 bridgehead atoms. The Labute approximate surface area is 163 Å². The number of benzene rings is 3. The van der Waals surface area contributed by atoms with Gasteiger partial charge >= 0.3 is 0 Å². The number of nitriles is 1. The fourth-order valence-electron chi connectivity index (χ4n) is 3.37. The van der Waals surface area contributed by atoms with E-state index in [0.29, 0.717) is 5.75 Å². The van der Waals surface area contributed by atoms with Crippen LogP contribution in [0.5, 0.6) is 5.75 Å². The first-order chi connectivity index (χ1) is 13.7. The number of carbonyl (C=O) groups is 1. The summed E-state index contributed by atoms with van der Waals surface area (Å²) in [6, 6.07) is 23.6. The molecule has 4 rings (SSSR count). The molecule has 0 unspecified atom stereocenters. The maximum Gasteiger partial charge on any atom is 0.248 e. The third-order valence-electron chi connectivity index (χ3n) is 4.67. The van der Waals surface area contributed by atoms with Crippen molar-refractivity contribution >= 4 is 17.7 Å². The maximum atomic E-state index is 12.3. The molecular formula is C24H18N2O2. The van der Waals surface area contributed by atoms with Crippen LogP contribution in [-0.2, 0) is 11.2 Å². The molecule has 4 heteroatoms. The van der Waals surface area contributed by atoms with Gasteiger partial charge in [0, 0.05) is 11.8 Å². The average molecular weight is 366 g/mol. The predicted molar refractivity (Wildman–Crippen MR) is 110 cm³/mol. The number of rotatable bonds is 5. The molecule has 0 aromatic heterocycles. The summed E-state index contributed by atoms with van der Waals surface area (Å²) in [5.74, 6) is 0.447. The Morgan fingerprint density at radius 3 is 2.64 bits per heavy atom. The molecule has 0 spiro atoms. The minimum atomic E-state index is -0.180. The van der Waals surface area contributed by atoms with Gasteiger partial charge in [0.25, 0.3) is 0 Å². The average Bonchev–Trinajstić information content (AvgIpc) is 3.09. The highest BCUT2D eigenvalue weighted by Gasteiger charge is 2.17. The van der Waals surface area contributed by atoms with Crippen LogP contribution in [0.1, 0.15) is 16.7 Å². The van der Waals surface area contributed by atoms with Crippen LogP contribution >= 0.6 is 0 Å². The topological polar surface area (TPSA) is 62.1 Å². The Bertz CT molecular complexity index is 1090. The number of hydrogen-bond acceptors (Lipinski definition) is 3. The van der Waals surface area contributed by atoms with Crippen molar-refractivity contribution in [2.24, 2.45) is 0 Å². The van der Waals surface area contributed by atoms with Gasteiger partial charge < -0.3 is 10.1 Å². The molecule has 0 saturated carbocycles. The summed E-state index contributed by atoms with van der Waals surface area (Å²) in [7, 11) is 0. The molecule has 0 heterocycles. The molecule has 1 amide bonds. The lowest BCUT2D eigenvalue weighted by molar-refractivity contribution is -0.111. The number of amides is 1. The summed E-state index contributed by atoms with van der Waals surface area (Å²) >= 11 is 0. The number of nitrogens with one attached hydrogen (secondary N) is 1. The standard InChI is InChI=1S/C24H18N2O2/c25-13-14-28-21-9-5-17(6-10-21)7-12-24(27)26-20-8-11-23-19(16-20)15-18-3-1-2-4-22(18)23/h1-12,16H,14-15H2,(H,26,27)/b12-7+. The highest BCUT2D eigenvalue weighted by Crippen LogP contribution is 2.37. The van der Waals surface area contributed by atoms with Gasteiger partial charge in [0.15, 0.2) is 6.61 Å². The van der Waals surface area contributed by atoms with Crippen LogP contribution in [0.2, 0.25) is 0 Å². The van der Waals surface area contributed by atoms with Gasteiger partial charge in [-0.3, -0.25) is 4.79 Å². The van der Waals surface area contributed by atoms with Crippen LogP contribution in [0.4, 0.5) is 5.69 Å². The van der Waals surface area contributed by atoms with Crippen molar-refractivity contribution in [3.63, 3.8) is 0 Å². The van der Waals surface area contributed by atoms with Gasteiger partial charge in [-0.1, -0.05) is 42.5 Å². The van der Waals surface area contributed by atoms with Crippen molar-refractivity contribution < 1.29 is 9.53 Å². The van der Waals surface area contributed by atoms with E-state index in [0.717, 1.165) is 17.7 Å². The second-order valence-corrected chi connectivity index (χ2v) is 6.54. The molecule has 136 valence electrons. The van der Waals surface area contributed by atoms with Gasteiger partial charge in [0.2, 0.25) is 5.91 Å². The van der Waals surface area contributed by atoms with Crippen molar-refractivity contribution in [1.29, 1.82) is 5.26 Å². The van der Waals surface area contributed by atoms with Gasteiger partial charge in [-0.25, -0.2) is 0 Å². The first-order valence-corrected chi connectivity index (χ1v) is 9.03. The quantitative estimate of drug-likeness (QED) is 0.516. The molecule has 0 atom stereocenters. The summed E-state index contributed by atoms with van der Waals surface area (Å²) in [6.45, 7) is 0.0173. The van der Waals surface area contributed by atoms with E-state index in [-0.39, 0.29) is 12.5 Å². The van der Waals surface area contributed by atoms with Crippen molar-refractivity contribution in [2.75, 3.05) is 11.9 Å². The number of fused-ring (bicyclic) bond motifs is 3. The molecule has 1 N–H and O–H groups in total. The molecule has 0 radical (unpaired) electrons. The van der Waals surface area contributed by atoms with Crippen molar-refractivity contribution in [2.45, 2.75) is 6.42 Å². The molecule has 0 fully saturated rings. The summed E-state index contributed by atoms with van der Waals surface area (Å²) in [4.78, 5) is 12.3. The van der Waals surface area contributed by atoms with Crippen molar-refractivity contribution in [3.05, 3.63) is 89.5 Å². The van der Waals surface area contributed by atoms with Crippen LogP contribution in [0.3, 0.4) is 0 Å². The third-order valence-corrected chi connectivity index (χ3v) is 4.67. The third kappa shape index (κ3) is 3.79. The minimum absolute atomic E-state index is 0.0173. The lowest BCUT2D eigenvalue weighted by Gasteiger charge is -2.06. The number of carbonyl (C=O) groups excluding carboxylic acids is 1. The molecule has 3 aromatic carbocycles. The maximum absolute atomic E-state index is 12.3. The molecule has 3 aromatic rings. The van der Waals surface area contributed by atoms with E-state index in [1.54, 1.807) is 18.2 Å². The lowest BCUT2D eigenvalue weighted by Crippen LogP contribution is -2.07. The van der Waals surface area contributed by atoms with Crippen LogP contribution in [-0.4, -0.2) is 12.5 Å². The first kappa shape index (κ1) is 17.6. The number of ether oxygens (including phenoxy) is 1. The Hall–Kier alpha value is -3.84. The van der Waals surface area contributed by atoms with E-state index in [9.17, 15) is 4.79 Å².